The molecule has 1 amide bonds. The third-order valence-electron chi connectivity index (χ3n) is 5.87. The van der Waals surface area contributed by atoms with Gasteiger partial charge in [0.05, 0.1) is 18.6 Å². The number of amides is 1. The van der Waals surface area contributed by atoms with Gasteiger partial charge in [0, 0.05) is 41.1 Å². The van der Waals surface area contributed by atoms with Crippen molar-refractivity contribution in [2.75, 3.05) is 24.7 Å². The summed E-state index contributed by atoms with van der Waals surface area (Å²) < 4.78 is 6.90. The Morgan fingerprint density at radius 1 is 1.10 bits per heavy atom. The van der Waals surface area contributed by atoms with Crippen molar-refractivity contribution in [2.24, 2.45) is 4.99 Å². The summed E-state index contributed by atoms with van der Waals surface area (Å²) in [6.07, 6.45) is 2.62. The minimum atomic E-state index is -0.276. The number of fused-ring (bicyclic) bond motifs is 1. The minimum absolute atomic E-state index is 0.0753. The van der Waals surface area contributed by atoms with Crippen LogP contribution in [-0.4, -0.2) is 66.4 Å². The molecule has 3 heterocycles. The highest BCUT2D eigenvalue weighted by atomic mass is 32.2. The summed E-state index contributed by atoms with van der Waals surface area (Å²) in [5.74, 6) is 1.21. The number of carbonyl (C=O) groups is 1. The van der Waals surface area contributed by atoms with E-state index in [1.54, 1.807) is 11.8 Å². The second-order valence-electron chi connectivity index (χ2n) is 8.85. The number of carbonyl (C=O) groups excluding carboxylic acids is 1. The fourth-order valence-corrected chi connectivity index (χ4v) is 4.77. The number of rotatable bonds is 9. The van der Waals surface area contributed by atoms with Gasteiger partial charge in [-0.3, -0.25) is 20.4 Å². The quantitative estimate of drug-likeness (QED) is 0.141. The Hall–Kier alpha value is -4.78. The van der Waals surface area contributed by atoms with Crippen LogP contribution >= 0.6 is 11.8 Å². The summed E-state index contributed by atoms with van der Waals surface area (Å²) in [4.78, 5) is 29.7. The van der Waals surface area contributed by atoms with E-state index in [-0.39, 0.29) is 17.6 Å². The van der Waals surface area contributed by atoms with Crippen molar-refractivity contribution in [1.82, 2.24) is 40.5 Å². The maximum atomic E-state index is 13.0. The van der Waals surface area contributed by atoms with Gasteiger partial charge in [0.2, 0.25) is 23.0 Å². The van der Waals surface area contributed by atoms with Crippen molar-refractivity contribution in [3.63, 3.8) is 0 Å². The number of hydrogen-bond acceptors (Lipinski definition) is 9. The summed E-state index contributed by atoms with van der Waals surface area (Å²) in [5.41, 5.74) is 4.51. The predicted molar refractivity (Wildman–Crippen MR) is 154 cm³/mol. The Morgan fingerprint density at radius 2 is 1.90 bits per heavy atom. The normalized spacial score (nSPS) is 11.5. The number of methoxy groups -OCH3 is 1. The Bertz CT molecular complexity index is 1630. The number of guanidine groups is 1. The van der Waals surface area contributed by atoms with Crippen LogP contribution in [0.5, 0.6) is 5.75 Å². The summed E-state index contributed by atoms with van der Waals surface area (Å²) in [5, 5.41) is 19.4. The van der Waals surface area contributed by atoms with Crippen molar-refractivity contribution < 1.29 is 9.53 Å². The molecule has 0 aliphatic rings. The van der Waals surface area contributed by atoms with E-state index in [0.29, 0.717) is 24.1 Å². The maximum Gasteiger partial charge on any atom is 0.237 e. The van der Waals surface area contributed by atoms with Gasteiger partial charge in [0.1, 0.15) is 5.75 Å². The summed E-state index contributed by atoms with van der Waals surface area (Å²) in [6.45, 7) is 4.19. The molecule has 3 aromatic heterocycles. The average Bonchev–Trinajstić information content (AvgIpc) is 3.58. The zero-order valence-corrected chi connectivity index (χ0v) is 23.1. The standard InChI is InChI=1S/C27H28N10O2S/c1-17-13-18(2)31-26(30-17)33-25(28-12-11-19-15-29-23-14-21(39-3)9-10-22(19)23)32-24(38)16-40-27-34-35-36-37(27)20-7-5-4-6-8-20/h4-10,13-15,29H,11-12,16H2,1-3H3,(H2,28,30,31,32,33,38). The lowest BCUT2D eigenvalue weighted by molar-refractivity contribution is -0.117. The van der Waals surface area contributed by atoms with Gasteiger partial charge in [-0.05, 0) is 66.6 Å². The van der Waals surface area contributed by atoms with Gasteiger partial charge < -0.3 is 9.72 Å². The number of tetrazole rings is 1. The fourth-order valence-electron chi connectivity index (χ4n) is 4.08. The Balaban J connectivity index is 1.28. The molecule has 3 N–H and O–H groups in total. The van der Waals surface area contributed by atoms with E-state index in [9.17, 15) is 4.79 Å². The molecule has 0 saturated carbocycles. The largest absolute Gasteiger partial charge is 0.497 e. The molecule has 13 heteroatoms. The van der Waals surface area contributed by atoms with E-state index < -0.39 is 0 Å². The lowest BCUT2D eigenvalue weighted by Gasteiger charge is -2.11. The van der Waals surface area contributed by atoms with Crippen molar-refractivity contribution in [3.05, 3.63) is 77.7 Å². The van der Waals surface area contributed by atoms with Gasteiger partial charge in [-0.25, -0.2) is 9.97 Å². The SMILES string of the molecule is COc1ccc2c(CCN=C(NC(=O)CSc3nnnn3-c3ccccc3)Nc3nc(C)cc(C)n3)c[nH]c2c1. The number of benzene rings is 2. The second-order valence-corrected chi connectivity index (χ2v) is 9.79. The molecule has 204 valence electrons. The molecule has 0 atom stereocenters. The van der Waals surface area contributed by atoms with Crippen molar-refractivity contribution >= 4 is 40.5 Å². The van der Waals surface area contributed by atoms with E-state index >= 15 is 0 Å². The number of nitrogens with one attached hydrogen (secondary N) is 3. The van der Waals surface area contributed by atoms with E-state index in [1.807, 2.05) is 74.6 Å². The summed E-state index contributed by atoms with van der Waals surface area (Å²) >= 11 is 1.22. The van der Waals surface area contributed by atoms with Crippen LogP contribution in [0, 0.1) is 13.8 Å². The molecule has 2 aromatic carbocycles. The van der Waals surface area contributed by atoms with Crippen molar-refractivity contribution in [1.29, 1.82) is 0 Å². The van der Waals surface area contributed by atoms with Crippen LogP contribution in [0.4, 0.5) is 5.95 Å². The number of aromatic amines is 1. The van der Waals surface area contributed by atoms with E-state index in [0.717, 1.165) is 39.3 Å². The van der Waals surface area contributed by atoms with Crippen LogP contribution in [0.3, 0.4) is 0 Å². The topological polar surface area (TPSA) is 148 Å². The van der Waals surface area contributed by atoms with Gasteiger partial charge in [-0.1, -0.05) is 30.0 Å². The van der Waals surface area contributed by atoms with E-state index in [1.165, 1.54) is 11.8 Å². The first-order chi connectivity index (χ1) is 19.5. The molecule has 0 saturated heterocycles. The van der Waals surface area contributed by atoms with E-state index in [2.05, 4.69) is 46.1 Å². The Kier molecular flexibility index (Phi) is 8.30. The fraction of sp³-hybridized carbons (Fsp3) is 0.222. The van der Waals surface area contributed by atoms with E-state index in [4.69, 9.17) is 4.74 Å². The number of H-pyrrole nitrogens is 1. The highest BCUT2D eigenvalue weighted by Crippen LogP contribution is 2.23. The molecule has 5 rings (SSSR count). The summed E-state index contributed by atoms with van der Waals surface area (Å²) in [7, 11) is 1.64. The molecular weight excluding hydrogens is 528 g/mol. The van der Waals surface area contributed by atoms with Crippen LogP contribution in [0.2, 0.25) is 0 Å². The number of hydrogen-bond donors (Lipinski definition) is 3. The molecule has 0 aliphatic heterocycles. The number of anilines is 1. The minimum Gasteiger partial charge on any atom is -0.497 e. The monoisotopic (exact) mass is 556 g/mol. The first kappa shape index (κ1) is 26.8. The number of ether oxygens (including phenoxy) is 1. The molecule has 0 unspecified atom stereocenters. The number of nitrogens with zero attached hydrogens (tertiary/aromatic N) is 7. The zero-order chi connectivity index (χ0) is 27.9. The van der Waals surface area contributed by atoms with Crippen LogP contribution in [0.25, 0.3) is 16.6 Å². The number of para-hydroxylation sites is 1. The number of thioether (sulfide) groups is 1. The highest BCUT2D eigenvalue weighted by molar-refractivity contribution is 7.99. The molecule has 12 nitrogen and oxygen atoms in total. The Morgan fingerprint density at radius 3 is 2.67 bits per heavy atom. The smallest absolute Gasteiger partial charge is 0.237 e. The van der Waals surface area contributed by atoms with Gasteiger partial charge in [0.25, 0.3) is 0 Å². The lowest BCUT2D eigenvalue weighted by atomic mass is 10.1. The number of aryl methyl sites for hydroxylation is 2. The second kappa shape index (κ2) is 12.4. The molecule has 0 fully saturated rings. The predicted octanol–water partition coefficient (Wildman–Crippen LogP) is 3.48. The molecular formula is C27H28N10O2S. The maximum absolute atomic E-state index is 13.0. The molecule has 0 spiro atoms. The van der Waals surface area contributed by atoms with Crippen molar-refractivity contribution in [2.45, 2.75) is 25.4 Å². The molecule has 0 aliphatic carbocycles. The third-order valence-corrected chi connectivity index (χ3v) is 6.79. The van der Waals surface area contributed by atoms with Gasteiger partial charge in [0.15, 0.2) is 0 Å². The average molecular weight is 557 g/mol. The van der Waals surface area contributed by atoms with Gasteiger partial charge >= 0.3 is 0 Å². The molecule has 40 heavy (non-hydrogen) atoms. The van der Waals surface area contributed by atoms with Crippen molar-refractivity contribution in [3.8, 4) is 11.4 Å². The van der Waals surface area contributed by atoms with Crippen LogP contribution in [0.15, 0.2) is 70.9 Å². The van der Waals surface area contributed by atoms with Crippen LogP contribution in [-0.2, 0) is 11.2 Å². The Labute approximate surface area is 234 Å². The van der Waals surface area contributed by atoms with Crippen LogP contribution < -0.4 is 15.4 Å². The first-order valence-corrected chi connectivity index (χ1v) is 13.5. The zero-order valence-electron chi connectivity index (χ0n) is 22.3. The van der Waals surface area contributed by atoms with Gasteiger partial charge in [-0.15, -0.1) is 5.10 Å². The van der Waals surface area contributed by atoms with Crippen LogP contribution in [0.1, 0.15) is 17.0 Å². The number of aliphatic imine (C=N–C) groups is 1. The number of aromatic nitrogens is 7. The first-order valence-electron chi connectivity index (χ1n) is 12.5. The molecule has 0 bridgehead atoms. The van der Waals surface area contributed by atoms with Gasteiger partial charge in [-0.2, -0.15) is 4.68 Å². The molecule has 0 radical (unpaired) electrons. The molecule has 5 aromatic rings. The summed E-state index contributed by atoms with van der Waals surface area (Å²) in [6, 6.07) is 17.3. The highest BCUT2D eigenvalue weighted by Gasteiger charge is 2.14. The third kappa shape index (κ3) is 6.61. The lowest BCUT2D eigenvalue weighted by Crippen LogP contribution is -2.38.